The highest BCUT2D eigenvalue weighted by molar-refractivity contribution is 6.98. The summed E-state index contributed by atoms with van der Waals surface area (Å²) in [4.78, 5) is 2.32. The number of anilines is 3. The highest BCUT2D eigenvalue weighted by atomic mass is 16.5. The molecule has 9 aromatic rings. The third-order valence-corrected chi connectivity index (χ3v) is 10.7. The topological polar surface area (TPSA) is 26.6 Å². The molecule has 0 unspecified atom stereocenters. The maximum absolute atomic E-state index is 6.81. The molecule has 4 nitrogen and oxygen atoms in total. The van der Waals surface area contributed by atoms with E-state index in [-0.39, 0.29) is 6.71 Å². The van der Waals surface area contributed by atoms with Gasteiger partial charge in [0.2, 0.25) is 0 Å². The van der Waals surface area contributed by atoms with Crippen molar-refractivity contribution in [1.82, 2.24) is 4.57 Å². The van der Waals surface area contributed by atoms with Crippen LogP contribution in [0, 0.1) is 0 Å². The van der Waals surface area contributed by atoms with Gasteiger partial charge in [-0.3, -0.25) is 0 Å². The van der Waals surface area contributed by atoms with Crippen LogP contribution < -0.4 is 30.8 Å². The molecular formula is C48H31BN2O2. The summed E-state index contributed by atoms with van der Waals surface area (Å²) in [5.41, 5.74) is 12.3. The van der Waals surface area contributed by atoms with E-state index in [2.05, 4.69) is 191 Å². The molecular weight excluding hydrogens is 647 g/mol. The van der Waals surface area contributed by atoms with Gasteiger partial charge in [-0.15, -0.1) is 0 Å². The van der Waals surface area contributed by atoms with Crippen LogP contribution in [0.2, 0.25) is 0 Å². The average Bonchev–Trinajstić information content (AvgIpc) is 3.53. The molecule has 11 rings (SSSR count). The first kappa shape index (κ1) is 29.7. The standard InChI is InChI=1S/C48H31BN2O2/c1-5-14-32(15-6-1)33-24-27-44-40(28-33)49-41-31-43-39(30-47(41)53-46-23-13-22-45(52-44)48(46)49)38-26-25-37(29-42(38)51(43)36-20-11-4-12-21-36)50(34-16-7-2-8-17-34)35-18-9-3-10-19-35/h1-31H. The number of ether oxygens (including phenoxy) is 2. The fraction of sp³-hybridized carbons (Fsp3) is 0. The second-order valence-electron chi connectivity index (χ2n) is 13.7. The molecule has 1 aromatic heterocycles. The van der Waals surface area contributed by atoms with Crippen LogP contribution in [0.1, 0.15) is 0 Å². The van der Waals surface area contributed by atoms with E-state index in [0.29, 0.717) is 0 Å². The number of aromatic nitrogens is 1. The monoisotopic (exact) mass is 678 g/mol. The van der Waals surface area contributed by atoms with Crippen molar-refractivity contribution >= 4 is 62.0 Å². The number of rotatable bonds is 5. The molecule has 0 bridgehead atoms. The van der Waals surface area contributed by atoms with Crippen LogP contribution in [-0.4, -0.2) is 11.3 Å². The van der Waals surface area contributed by atoms with Gasteiger partial charge in [0, 0.05) is 39.0 Å². The van der Waals surface area contributed by atoms with Crippen molar-refractivity contribution in [2.75, 3.05) is 4.90 Å². The van der Waals surface area contributed by atoms with E-state index in [4.69, 9.17) is 9.47 Å². The summed E-state index contributed by atoms with van der Waals surface area (Å²) in [5.74, 6) is 3.43. The predicted octanol–water partition coefficient (Wildman–Crippen LogP) is 10.6. The Kier molecular flexibility index (Phi) is 6.61. The zero-order valence-corrected chi connectivity index (χ0v) is 28.7. The van der Waals surface area contributed by atoms with E-state index in [0.717, 1.165) is 84.1 Å². The summed E-state index contributed by atoms with van der Waals surface area (Å²) in [6.07, 6.45) is 0. The number of hydrogen-bond donors (Lipinski definition) is 0. The number of nitrogens with zero attached hydrogens (tertiary/aromatic N) is 2. The fourth-order valence-electron chi connectivity index (χ4n) is 8.34. The molecule has 0 spiro atoms. The van der Waals surface area contributed by atoms with Crippen molar-refractivity contribution in [3.05, 3.63) is 188 Å². The summed E-state index contributed by atoms with van der Waals surface area (Å²) in [5, 5.41) is 2.31. The Morgan fingerprint density at radius 3 is 1.70 bits per heavy atom. The fourth-order valence-corrected chi connectivity index (χ4v) is 8.34. The van der Waals surface area contributed by atoms with Crippen LogP contribution in [0.15, 0.2) is 188 Å². The summed E-state index contributed by atoms with van der Waals surface area (Å²) in [6, 6.07) is 66.6. The highest BCUT2D eigenvalue weighted by Gasteiger charge is 2.40. The number of benzene rings is 8. The molecule has 0 saturated carbocycles. The largest absolute Gasteiger partial charge is 0.458 e. The lowest BCUT2D eigenvalue weighted by Crippen LogP contribution is -2.57. The number of fused-ring (bicyclic) bond motifs is 7. The van der Waals surface area contributed by atoms with Gasteiger partial charge in [-0.05, 0) is 101 Å². The zero-order chi connectivity index (χ0) is 34.9. The van der Waals surface area contributed by atoms with E-state index >= 15 is 0 Å². The van der Waals surface area contributed by atoms with E-state index in [1.807, 2.05) is 6.07 Å². The molecule has 0 radical (unpaired) electrons. The van der Waals surface area contributed by atoms with E-state index in [1.165, 1.54) is 10.9 Å². The van der Waals surface area contributed by atoms with E-state index in [1.54, 1.807) is 0 Å². The normalized spacial score (nSPS) is 12.4. The van der Waals surface area contributed by atoms with Gasteiger partial charge in [-0.2, -0.15) is 0 Å². The first-order chi connectivity index (χ1) is 26.3. The van der Waals surface area contributed by atoms with E-state index in [9.17, 15) is 0 Å². The van der Waals surface area contributed by atoms with Gasteiger partial charge in [0.05, 0.1) is 11.0 Å². The molecule has 0 fully saturated rings. The molecule has 53 heavy (non-hydrogen) atoms. The molecule has 2 aliphatic heterocycles. The van der Waals surface area contributed by atoms with Gasteiger partial charge < -0.3 is 18.9 Å². The van der Waals surface area contributed by atoms with Gasteiger partial charge in [-0.1, -0.05) is 109 Å². The first-order valence-electron chi connectivity index (χ1n) is 18.0. The average molecular weight is 679 g/mol. The lowest BCUT2D eigenvalue weighted by atomic mass is 9.34. The lowest BCUT2D eigenvalue weighted by molar-refractivity contribution is 0.465. The van der Waals surface area contributed by atoms with Crippen LogP contribution in [-0.2, 0) is 0 Å². The van der Waals surface area contributed by atoms with Crippen molar-refractivity contribution < 1.29 is 9.47 Å². The second-order valence-corrected chi connectivity index (χ2v) is 13.7. The Morgan fingerprint density at radius 2 is 1.00 bits per heavy atom. The van der Waals surface area contributed by atoms with Crippen molar-refractivity contribution in [2.24, 2.45) is 0 Å². The summed E-state index contributed by atoms with van der Waals surface area (Å²) in [6.45, 7) is -0.0637. The Balaban J connectivity index is 1.17. The molecule has 8 aromatic carbocycles. The maximum atomic E-state index is 6.81. The van der Waals surface area contributed by atoms with Crippen LogP contribution in [0.4, 0.5) is 17.1 Å². The van der Waals surface area contributed by atoms with Crippen LogP contribution in [0.5, 0.6) is 23.0 Å². The Morgan fingerprint density at radius 1 is 0.396 bits per heavy atom. The minimum atomic E-state index is -0.0637. The maximum Gasteiger partial charge on any atom is 0.260 e. The summed E-state index contributed by atoms with van der Waals surface area (Å²) < 4.78 is 15.8. The first-order valence-corrected chi connectivity index (χ1v) is 18.0. The Hall–Kier alpha value is -6.98. The summed E-state index contributed by atoms with van der Waals surface area (Å²) in [7, 11) is 0. The van der Waals surface area contributed by atoms with E-state index < -0.39 is 0 Å². The zero-order valence-electron chi connectivity index (χ0n) is 28.7. The third kappa shape index (κ3) is 4.71. The van der Waals surface area contributed by atoms with Crippen LogP contribution >= 0.6 is 0 Å². The van der Waals surface area contributed by atoms with Gasteiger partial charge in [0.25, 0.3) is 6.71 Å². The molecule has 0 saturated heterocycles. The minimum Gasteiger partial charge on any atom is -0.458 e. The van der Waals surface area contributed by atoms with Gasteiger partial charge in [0.1, 0.15) is 23.0 Å². The van der Waals surface area contributed by atoms with Crippen molar-refractivity contribution in [1.29, 1.82) is 0 Å². The predicted molar refractivity (Wildman–Crippen MR) is 219 cm³/mol. The smallest absolute Gasteiger partial charge is 0.260 e. The molecule has 248 valence electrons. The van der Waals surface area contributed by atoms with Crippen LogP contribution in [0.3, 0.4) is 0 Å². The molecule has 0 aliphatic carbocycles. The quantitative estimate of drug-likeness (QED) is 0.170. The van der Waals surface area contributed by atoms with Crippen molar-refractivity contribution in [2.45, 2.75) is 0 Å². The second kappa shape index (κ2) is 11.8. The van der Waals surface area contributed by atoms with Gasteiger partial charge >= 0.3 is 0 Å². The molecule has 2 aliphatic rings. The molecule has 3 heterocycles. The number of para-hydroxylation sites is 3. The Bertz CT molecular complexity index is 2800. The molecule has 5 heteroatoms. The van der Waals surface area contributed by atoms with Gasteiger partial charge in [-0.25, -0.2) is 0 Å². The Labute approximate surface area is 307 Å². The molecule has 0 amide bonds. The van der Waals surface area contributed by atoms with Gasteiger partial charge in [0.15, 0.2) is 0 Å². The minimum absolute atomic E-state index is 0.0637. The van der Waals surface area contributed by atoms with Crippen molar-refractivity contribution in [3.8, 4) is 39.8 Å². The van der Waals surface area contributed by atoms with Crippen molar-refractivity contribution in [3.63, 3.8) is 0 Å². The lowest BCUT2D eigenvalue weighted by Gasteiger charge is -2.33. The molecule has 0 atom stereocenters. The third-order valence-electron chi connectivity index (χ3n) is 10.7. The number of hydrogen-bond acceptors (Lipinski definition) is 3. The summed E-state index contributed by atoms with van der Waals surface area (Å²) >= 11 is 0. The molecule has 0 N–H and O–H groups in total. The SMILES string of the molecule is c1ccc(-c2ccc3c(c2)B2c4cc5c(cc4Oc4cccc(c42)O3)c2ccc(N(c3ccccc3)c3ccccc3)cc2n5-c2ccccc2)cc1. The van der Waals surface area contributed by atoms with Crippen LogP contribution in [0.25, 0.3) is 38.6 Å². The highest BCUT2D eigenvalue weighted by Crippen LogP contribution is 2.42.